The van der Waals surface area contributed by atoms with E-state index in [2.05, 4.69) is 6.92 Å². The van der Waals surface area contributed by atoms with Gasteiger partial charge in [-0.25, -0.2) is 0 Å². The maximum absolute atomic E-state index is 13.2. The van der Waals surface area contributed by atoms with Gasteiger partial charge in [-0.05, 0) is 40.5 Å². The zero-order chi connectivity index (χ0) is 18.5. The Morgan fingerprint density at radius 1 is 0.750 bits per heavy atom. The second-order valence-corrected chi connectivity index (χ2v) is 9.80. The molecular weight excluding hydrogens is 350 g/mol. The van der Waals surface area contributed by atoms with Gasteiger partial charge in [0.15, 0.2) is 5.40 Å². The van der Waals surface area contributed by atoms with Crippen molar-refractivity contribution < 1.29 is 27.2 Å². The molecule has 0 spiro atoms. The van der Waals surface area contributed by atoms with Gasteiger partial charge in [-0.15, -0.1) is 0 Å². The Kier molecular flexibility index (Phi) is 13.3. The van der Waals surface area contributed by atoms with Gasteiger partial charge in [0.25, 0.3) is 0 Å². The summed E-state index contributed by atoms with van der Waals surface area (Å²) in [6.07, 6.45) is 7.55. The zero-order valence-electron chi connectivity index (χ0n) is 15.7. The van der Waals surface area contributed by atoms with E-state index in [9.17, 15) is 9.13 Å². The van der Waals surface area contributed by atoms with Crippen molar-refractivity contribution in [2.75, 3.05) is 26.4 Å². The van der Waals surface area contributed by atoms with Crippen molar-refractivity contribution >= 4 is 15.2 Å². The molecule has 0 unspecified atom stereocenters. The summed E-state index contributed by atoms with van der Waals surface area (Å²) in [5.41, 5.74) is 0. The van der Waals surface area contributed by atoms with Crippen LogP contribution in [0.5, 0.6) is 0 Å². The second-order valence-electron chi connectivity index (χ2n) is 5.09. The minimum Gasteiger partial charge on any atom is -0.308 e. The Bertz CT molecular complexity index is 388. The lowest BCUT2D eigenvalue weighted by atomic mass is 10.2. The smallest absolute Gasteiger partial charge is 0.308 e. The topological polar surface area (TPSA) is 71.1 Å². The van der Waals surface area contributed by atoms with Crippen LogP contribution in [0.25, 0.3) is 0 Å². The summed E-state index contributed by atoms with van der Waals surface area (Å²) < 4.78 is 48.0. The van der Waals surface area contributed by atoms with Crippen molar-refractivity contribution in [3.8, 4) is 0 Å². The fourth-order valence-electron chi connectivity index (χ4n) is 2.21. The van der Waals surface area contributed by atoms with Crippen LogP contribution in [0.15, 0.2) is 12.2 Å². The fourth-order valence-corrected chi connectivity index (χ4v) is 7.26. The second kappa shape index (κ2) is 13.3. The lowest BCUT2D eigenvalue weighted by Crippen LogP contribution is -2.15. The minimum atomic E-state index is -3.67. The van der Waals surface area contributed by atoms with Crippen LogP contribution < -0.4 is 0 Å². The maximum Gasteiger partial charge on any atom is 0.349 e. The summed E-state index contributed by atoms with van der Waals surface area (Å²) >= 11 is 0. The quantitative estimate of drug-likeness (QED) is 0.196. The molecule has 0 atom stereocenters. The molecule has 24 heavy (non-hydrogen) atoms. The molecule has 0 heterocycles. The molecule has 0 fully saturated rings. The zero-order valence-corrected chi connectivity index (χ0v) is 17.5. The first-order valence-electron chi connectivity index (χ1n) is 8.88. The van der Waals surface area contributed by atoms with Crippen molar-refractivity contribution in [3.63, 3.8) is 0 Å². The maximum atomic E-state index is 13.2. The van der Waals surface area contributed by atoms with Gasteiger partial charge in [0.2, 0.25) is 0 Å². The molecule has 0 aliphatic heterocycles. The van der Waals surface area contributed by atoms with Crippen LogP contribution in [-0.4, -0.2) is 31.8 Å². The van der Waals surface area contributed by atoms with Crippen molar-refractivity contribution in [1.29, 1.82) is 0 Å². The van der Waals surface area contributed by atoms with Crippen molar-refractivity contribution in [2.45, 2.75) is 65.7 Å². The summed E-state index contributed by atoms with van der Waals surface area (Å²) in [5.74, 6) is 0. The van der Waals surface area contributed by atoms with Crippen LogP contribution in [0.2, 0.25) is 0 Å². The molecule has 0 aliphatic carbocycles. The Morgan fingerprint density at radius 2 is 1.17 bits per heavy atom. The largest absolute Gasteiger partial charge is 0.349 e. The number of rotatable bonds is 15. The van der Waals surface area contributed by atoms with Crippen LogP contribution in [0, 0.1) is 0 Å². The van der Waals surface area contributed by atoms with E-state index in [0.29, 0.717) is 0 Å². The third kappa shape index (κ3) is 7.95. The molecule has 8 heteroatoms. The average molecular weight is 384 g/mol. The minimum absolute atomic E-state index is 0.190. The van der Waals surface area contributed by atoms with E-state index < -0.39 is 20.6 Å². The van der Waals surface area contributed by atoms with E-state index in [1.807, 2.05) is 6.08 Å². The third-order valence-corrected chi connectivity index (χ3v) is 8.98. The van der Waals surface area contributed by atoms with E-state index in [0.717, 1.165) is 25.7 Å². The van der Waals surface area contributed by atoms with Crippen molar-refractivity contribution in [3.05, 3.63) is 12.2 Å². The highest BCUT2D eigenvalue weighted by Gasteiger charge is 2.49. The molecule has 0 saturated carbocycles. The number of allylic oxidation sites excluding steroid dienone is 2. The van der Waals surface area contributed by atoms with E-state index in [4.69, 9.17) is 18.1 Å². The molecule has 0 amide bonds. The van der Waals surface area contributed by atoms with E-state index in [1.54, 1.807) is 33.8 Å². The molecular formula is C16H34O6P2. The predicted molar refractivity (Wildman–Crippen MR) is 98.8 cm³/mol. The van der Waals surface area contributed by atoms with E-state index >= 15 is 0 Å². The molecule has 0 N–H and O–H groups in total. The average Bonchev–Trinajstić information content (AvgIpc) is 2.51. The lowest BCUT2D eigenvalue weighted by molar-refractivity contribution is 0.200. The molecule has 0 saturated heterocycles. The number of hydrogen-bond donors (Lipinski definition) is 0. The predicted octanol–water partition coefficient (Wildman–Crippen LogP) is 5.98. The highest BCUT2D eigenvalue weighted by atomic mass is 31.2. The fraction of sp³-hybridized carbons (Fsp3) is 0.875. The van der Waals surface area contributed by atoms with Crippen molar-refractivity contribution in [1.82, 2.24) is 0 Å². The standard InChI is InChI=1S/C16H34O6P2/c1-6-11-12-13-14-15-16(23(17,19-7-2)20-8-3)24(18,21-9-4)22-10-5/h14-16H,6-13H2,1-5H3/b15-14+. The van der Waals surface area contributed by atoms with E-state index in [1.165, 1.54) is 0 Å². The van der Waals surface area contributed by atoms with Gasteiger partial charge < -0.3 is 18.1 Å². The Balaban J connectivity index is 5.61. The normalized spacial score (nSPS) is 13.2. The van der Waals surface area contributed by atoms with Gasteiger partial charge in [0, 0.05) is 0 Å². The molecule has 6 nitrogen and oxygen atoms in total. The molecule has 0 bridgehead atoms. The molecule has 0 aromatic heterocycles. The molecule has 0 aromatic rings. The Hall–Kier alpha value is 0.0400. The lowest BCUT2D eigenvalue weighted by Gasteiger charge is -2.29. The summed E-state index contributed by atoms with van der Waals surface area (Å²) in [6.45, 7) is 9.78. The first kappa shape index (κ1) is 24.0. The van der Waals surface area contributed by atoms with Crippen LogP contribution in [0.1, 0.15) is 60.3 Å². The van der Waals surface area contributed by atoms with E-state index in [-0.39, 0.29) is 26.4 Å². The van der Waals surface area contributed by atoms with Crippen LogP contribution >= 0.6 is 15.2 Å². The first-order valence-corrected chi connectivity index (χ1v) is 12.1. The van der Waals surface area contributed by atoms with Gasteiger partial charge in [0.1, 0.15) is 0 Å². The molecule has 0 radical (unpaired) electrons. The van der Waals surface area contributed by atoms with Gasteiger partial charge in [-0.3, -0.25) is 9.13 Å². The molecule has 0 aliphatic rings. The molecule has 0 aromatic carbocycles. The van der Waals surface area contributed by atoms with Crippen molar-refractivity contribution in [2.24, 2.45) is 0 Å². The Labute approximate surface area is 147 Å². The number of hydrogen-bond acceptors (Lipinski definition) is 6. The highest BCUT2D eigenvalue weighted by Crippen LogP contribution is 2.70. The van der Waals surface area contributed by atoms with Gasteiger partial charge in [-0.2, -0.15) is 0 Å². The first-order chi connectivity index (χ1) is 11.4. The van der Waals surface area contributed by atoms with Gasteiger partial charge in [0.05, 0.1) is 26.4 Å². The summed E-state index contributed by atoms with van der Waals surface area (Å²) in [7, 11) is -7.33. The number of unbranched alkanes of at least 4 members (excludes halogenated alkanes) is 3. The Morgan fingerprint density at radius 3 is 1.50 bits per heavy atom. The van der Waals surface area contributed by atoms with Crippen LogP contribution in [0.3, 0.4) is 0 Å². The highest BCUT2D eigenvalue weighted by molar-refractivity contribution is 7.73. The SMILES string of the molecule is CCCCC/C=C/C(P(=O)(OCC)OCC)P(=O)(OCC)OCC. The third-order valence-electron chi connectivity index (χ3n) is 3.17. The van der Waals surface area contributed by atoms with Gasteiger partial charge >= 0.3 is 15.2 Å². The monoisotopic (exact) mass is 384 g/mol. The van der Waals surface area contributed by atoms with Gasteiger partial charge in [-0.1, -0.05) is 31.9 Å². The van der Waals surface area contributed by atoms with Crippen LogP contribution in [0.4, 0.5) is 0 Å². The molecule has 144 valence electrons. The summed E-state index contributed by atoms with van der Waals surface area (Å²) in [4.78, 5) is 0. The molecule has 0 rings (SSSR count). The summed E-state index contributed by atoms with van der Waals surface area (Å²) in [6, 6.07) is 0. The van der Waals surface area contributed by atoms with Crippen LogP contribution in [-0.2, 0) is 27.2 Å². The summed E-state index contributed by atoms with van der Waals surface area (Å²) in [5, 5.41) is -1.05.